The Morgan fingerprint density at radius 3 is 2.27 bits per heavy atom. The van der Waals surface area contributed by atoms with Gasteiger partial charge in [0.1, 0.15) is 18.9 Å². The molecule has 0 saturated carbocycles. The highest BCUT2D eigenvalue weighted by molar-refractivity contribution is 6.74. The highest BCUT2D eigenvalue weighted by Gasteiger charge is 2.46. The number of hydrogen-bond donors (Lipinski definition) is 0. The van der Waals surface area contributed by atoms with Crippen molar-refractivity contribution < 1.29 is 18.3 Å². The van der Waals surface area contributed by atoms with Gasteiger partial charge in [-0.15, -0.1) is 0 Å². The molecule has 0 spiro atoms. The normalized spacial score (nSPS) is 22.4. The van der Waals surface area contributed by atoms with Crippen molar-refractivity contribution in [1.82, 2.24) is 9.55 Å². The fraction of sp³-hybridized carbons (Fsp3) is 0.750. The average Bonchev–Trinajstić information content (AvgIpc) is 3.04. The molecule has 0 amide bonds. The summed E-state index contributed by atoms with van der Waals surface area (Å²) in [6.45, 7) is 26.7. The lowest BCUT2D eigenvalue weighted by Crippen LogP contribution is -2.48. The Bertz CT molecular complexity index is 871. The van der Waals surface area contributed by atoms with Gasteiger partial charge < -0.3 is 18.3 Å². The van der Waals surface area contributed by atoms with Crippen LogP contribution in [0.5, 0.6) is 5.88 Å². The van der Waals surface area contributed by atoms with E-state index in [0.29, 0.717) is 19.6 Å². The molecule has 1 aromatic rings. The van der Waals surface area contributed by atoms with Crippen LogP contribution >= 0.6 is 0 Å². The van der Waals surface area contributed by atoms with Crippen molar-refractivity contribution in [2.75, 3.05) is 13.2 Å². The van der Waals surface area contributed by atoms with Crippen molar-refractivity contribution in [3.63, 3.8) is 0 Å². The number of hydrogen-bond acceptors (Lipinski definition) is 6. The maximum Gasteiger partial charge on any atom is 0.352 e. The molecule has 1 aromatic heterocycles. The highest BCUT2D eigenvalue weighted by atomic mass is 28.4. The molecular formula is C24H44N2O5Si2. The van der Waals surface area contributed by atoms with Crippen LogP contribution in [0, 0.1) is 0 Å². The first-order chi connectivity index (χ1) is 15.0. The first kappa shape index (κ1) is 28.0. The minimum Gasteiger partial charge on any atom is -0.473 e. The third kappa shape index (κ3) is 6.88. The van der Waals surface area contributed by atoms with Gasteiger partial charge in [-0.25, -0.2) is 4.79 Å². The fourth-order valence-electron chi connectivity index (χ4n) is 3.05. The second kappa shape index (κ2) is 10.2. The van der Waals surface area contributed by atoms with Gasteiger partial charge in [-0.3, -0.25) is 4.57 Å². The summed E-state index contributed by atoms with van der Waals surface area (Å²) >= 11 is 0. The molecule has 0 bridgehead atoms. The highest BCUT2D eigenvalue weighted by Crippen LogP contribution is 2.42. The molecule has 33 heavy (non-hydrogen) atoms. The van der Waals surface area contributed by atoms with Gasteiger partial charge in [-0.1, -0.05) is 54.2 Å². The molecule has 3 atom stereocenters. The average molecular weight is 497 g/mol. The van der Waals surface area contributed by atoms with E-state index < -0.39 is 28.6 Å². The van der Waals surface area contributed by atoms with Crippen molar-refractivity contribution in [1.29, 1.82) is 0 Å². The molecule has 3 unspecified atom stereocenters. The van der Waals surface area contributed by atoms with E-state index in [1.54, 1.807) is 18.3 Å². The third-order valence-electron chi connectivity index (χ3n) is 7.31. The standard InChI is InChI=1S/C24H44N2O5Si2/c1-12-15-28-20-13-14-26(22(27)25-20)21-16-18(31-33(10,11)24(5,6)7)19(30-21)17-29-32(8,9)23(2,3)4/h12-14,18-19,21H,1,15-17H2,2-11H3. The summed E-state index contributed by atoms with van der Waals surface area (Å²) in [4.78, 5) is 16.7. The molecule has 2 rings (SSSR count). The largest absolute Gasteiger partial charge is 0.473 e. The van der Waals surface area contributed by atoms with Gasteiger partial charge in [0.05, 0.1) is 12.7 Å². The van der Waals surface area contributed by atoms with E-state index in [9.17, 15) is 4.79 Å². The summed E-state index contributed by atoms with van der Waals surface area (Å²) in [5, 5.41) is 0.168. The van der Waals surface area contributed by atoms with Crippen molar-refractivity contribution in [2.45, 2.75) is 103 Å². The maximum atomic E-state index is 12.7. The zero-order valence-electron chi connectivity index (χ0n) is 22.2. The lowest BCUT2D eigenvalue weighted by molar-refractivity contribution is -0.0412. The van der Waals surface area contributed by atoms with Crippen molar-refractivity contribution in [3.05, 3.63) is 35.4 Å². The Balaban J connectivity index is 2.27. The Labute approximate surface area is 201 Å². The summed E-state index contributed by atoms with van der Waals surface area (Å²) in [5.74, 6) is 0.279. The predicted octanol–water partition coefficient (Wildman–Crippen LogP) is 5.51. The zero-order valence-corrected chi connectivity index (χ0v) is 24.2. The van der Waals surface area contributed by atoms with Crippen LogP contribution in [-0.4, -0.2) is 51.6 Å². The molecule has 1 aliphatic heterocycles. The molecular weight excluding hydrogens is 452 g/mol. The summed E-state index contributed by atoms with van der Waals surface area (Å²) in [6, 6.07) is 1.68. The number of ether oxygens (including phenoxy) is 2. The van der Waals surface area contributed by atoms with Gasteiger partial charge in [-0.05, 0) is 36.3 Å². The minimum atomic E-state index is -2.05. The van der Waals surface area contributed by atoms with Crippen LogP contribution in [0.1, 0.15) is 54.2 Å². The number of rotatable bonds is 9. The fourth-order valence-corrected chi connectivity index (χ4v) is 5.42. The van der Waals surface area contributed by atoms with Crippen LogP contribution in [0.25, 0.3) is 0 Å². The van der Waals surface area contributed by atoms with Crippen LogP contribution < -0.4 is 10.4 Å². The minimum absolute atomic E-state index is 0.0679. The van der Waals surface area contributed by atoms with Gasteiger partial charge in [0, 0.05) is 18.7 Å². The van der Waals surface area contributed by atoms with Crippen LogP contribution in [0.3, 0.4) is 0 Å². The number of nitrogens with zero attached hydrogens (tertiary/aromatic N) is 2. The Hall–Kier alpha value is -1.27. The Kier molecular flexibility index (Phi) is 8.61. The quantitative estimate of drug-likeness (QED) is 0.332. The Morgan fingerprint density at radius 2 is 1.76 bits per heavy atom. The van der Waals surface area contributed by atoms with E-state index in [-0.39, 0.29) is 28.2 Å². The summed E-state index contributed by atoms with van der Waals surface area (Å²) < 4.78 is 26.6. The molecule has 188 valence electrons. The summed E-state index contributed by atoms with van der Waals surface area (Å²) in [7, 11) is -4.01. The molecule has 0 radical (unpaired) electrons. The first-order valence-electron chi connectivity index (χ1n) is 11.8. The van der Waals surface area contributed by atoms with E-state index in [0.717, 1.165) is 0 Å². The lowest BCUT2D eigenvalue weighted by atomic mass is 10.2. The predicted molar refractivity (Wildman–Crippen MR) is 138 cm³/mol. The lowest BCUT2D eigenvalue weighted by Gasteiger charge is -2.40. The van der Waals surface area contributed by atoms with Gasteiger partial charge in [0.15, 0.2) is 16.6 Å². The third-order valence-corrected chi connectivity index (χ3v) is 16.3. The van der Waals surface area contributed by atoms with Crippen LogP contribution in [-0.2, 0) is 13.6 Å². The molecule has 9 heteroatoms. The Morgan fingerprint density at radius 1 is 1.15 bits per heavy atom. The first-order valence-corrected chi connectivity index (χ1v) is 17.6. The topological polar surface area (TPSA) is 71.8 Å². The second-order valence-electron chi connectivity index (χ2n) is 11.9. The van der Waals surface area contributed by atoms with Gasteiger partial charge in [0.2, 0.25) is 5.88 Å². The van der Waals surface area contributed by atoms with E-state index >= 15 is 0 Å². The molecule has 1 aliphatic rings. The molecule has 2 heterocycles. The van der Waals surface area contributed by atoms with E-state index in [1.165, 1.54) is 4.57 Å². The van der Waals surface area contributed by atoms with Crippen LogP contribution in [0.4, 0.5) is 0 Å². The SMILES string of the molecule is C=CCOc1ccn(C2CC(O[Si](C)(C)C(C)(C)C)C(CO[Si](C)(C)C(C)(C)C)O2)c(=O)n1. The smallest absolute Gasteiger partial charge is 0.352 e. The van der Waals surface area contributed by atoms with E-state index in [1.807, 2.05) is 0 Å². The van der Waals surface area contributed by atoms with Crippen molar-refractivity contribution >= 4 is 16.6 Å². The monoisotopic (exact) mass is 496 g/mol. The maximum absolute atomic E-state index is 12.7. The zero-order chi connectivity index (χ0) is 25.2. The number of aromatic nitrogens is 2. The molecule has 1 saturated heterocycles. The van der Waals surface area contributed by atoms with Crippen molar-refractivity contribution in [2.24, 2.45) is 0 Å². The molecule has 1 fully saturated rings. The molecule has 0 aromatic carbocycles. The summed E-state index contributed by atoms with van der Waals surface area (Å²) in [6.07, 6.45) is 3.02. The van der Waals surface area contributed by atoms with Gasteiger partial charge in [0.25, 0.3) is 0 Å². The molecule has 0 N–H and O–H groups in total. The van der Waals surface area contributed by atoms with Gasteiger partial charge >= 0.3 is 5.69 Å². The van der Waals surface area contributed by atoms with E-state index in [4.69, 9.17) is 18.3 Å². The van der Waals surface area contributed by atoms with Crippen molar-refractivity contribution in [3.8, 4) is 5.88 Å². The van der Waals surface area contributed by atoms with Gasteiger partial charge in [-0.2, -0.15) is 4.98 Å². The summed E-state index contributed by atoms with van der Waals surface area (Å²) in [5.41, 5.74) is -0.404. The van der Waals surface area contributed by atoms with Crippen LogP contribution in [0.2, 0.25) is 36.3 Å². The molecule has 7 nitrogen and oxygen atoms in total. The van der Waals surface area contributed by atoms with Crippen LogP contribution in [0.15, 0.2) is 29.7 Å². The van der Waals surface area contributed by atoms with E-state index in [2.05, 4.69) is 79.3 Å². The molecule has 0 aliphatic carbocycles. The second-order valence-corrected chi connectivity index (χ2v) is 21.5.